The minimum atomic E-state index is -0.537. The Balaban J connectivity index is 2.16. The number of aromatic nitrogens is 1. The van der Waals surface area contributed by atoms with Crippen LogP contribution in [0.1, 0.15) is 23.3 Å². The Kier molecular flexibility index (Phi) is 4.25. The van der Waals surface area contributed by atoms with Gasteiger partial charge in [0.05, 0.1) is 24.1 Å². The predicted molar refractivity (Wildman–Crippen MR) is 72.7 cm³/mol. The predicted octanol–water partition coefficient (Wildman–Crippen LogP) is 0.958. The number of rotatable bonds is 3. The average Bonchev–Trinajstić information content (AvgIpc) is 2.88. The molecule has 21 heavy (non-hydrogen) atoms. The van der Waals surface area contributed by atoms with Crippen molar-refractivity contribution in [1.82, 2.24) is 9.47 Å². The molecule has 1 amide bonds. The SMILES string of the molecule is COC(=O)C1CCCN(C(=O)c2cc([N+](=O)[O-])cn2C)C1. The molecule has 8 nitrogen and oxygen atoms in total. The van der Waals surface area contributed by atoms with Gasteiger partial charge in [0.15, 0.2) is 0 Å². The Morgan fingerprint density at radius 3 is 2.76 bits per heavy atom. The van der Waals surface area contributed by atoms with Crippen LogP contribution >= 0.6 is 0 Å². The largest absolute Gasteiger partial charge is 0.469 e. The molecule has 0 spiro atoms. The molecular weight excluding hydrogens is 278 g/mol. The number of carbonyl (C=O) groups is 2. The van der Waals surface area contributed by atoms with Crippen molar-refractivity contribution in [3.05, 3.63) is 28.1 Å². The smallest absolute Gasteiger partial charge is 0.310 e. The Morgan fingerprint density at radius 1 is 1.48 bits per heavy atom. The third-order valence-corrected chi connectivity index (χ3v) is 3.66. The normalized spacial score (nSPS) is 18.4. The van der Waals surface area contributed by atoms with E-state index in [4.69, 9.17) is 4.74 Å². The number of hydrogen-bond acceptors (Lipinski definition) is 5. The van der Waals surface area contributed by atoms with Crippen molar-refractivity contribution in [2.24, 2.45) is 13.0 Å². The van der Waals surface area contributed by atoms with Gasteiger partial charge in [-0.15, -0.1) is 0 Å². The highest BCUT2D eigenvalue weighted by Gasteiger charge is 2.31. The van der Waals surface area contributed by atoms with E-state index in [0.29, 0.717) is 19.4 Å². The van der Waals surface area contributed by atoms with E-state index in [1.54, 1.807) is 11.9 Å². The average molecular weight is 295 g/mol. The summed E-state index contributed by atoms with van der Waals surface area (Å²) in [5, 5.41) is 10.8. The molecule has 1 saturated heterocycles. The highest BCUT2D eigenvalue weighted by molar-refractivity contribution is 5.94. The van der Waals surface area contributed by atoms with Gasteiger partial charge in [-0.3, -0.25) is 19.7 Å². The van der Waals surface area contributed by atoms with Gasteiger partial charge in [0.1, 0.15) is 5.69 Å². The number of nitrogens with zero attached hydrogens (tertiary/aromatic N) is 3. The van der Waals surface area contributed by atoms with E-state index in [9.17, 15) is 19.7 Å². The number of piperidine rings is 1. The second-order valence-electron chi connectivity index (χ2n) is 5.07. The molecule has 2 rings (SSSR count). The maximum Gasteiger partial charge on any atom is 0.310 e. The van der Waals surface area contributed by atoms with E-state index in [1.807, 2.05) is 0 Å². The van der Waals surface area contributed by atoms with E-state index in [2.05, 4.69) is 0 Å². The molecule has 1 unspecified atom stereocenters. The second-order valence-corrected chi connectivity index (χ2v) is 5.07. The van der Waals surface area contributed by atoms with Crippen LogP contribution in [0.25, 0.3) is 0 Å². The summed E-state index contributed by atoms with van der Waals surface area (Å²) in [6, 6.07) is 1.25. The third kappa shape index (κ3) is 3.04. The molecule has 1 aromatic rings. The van der Waals surface area contributed by atoms with E-state index >= 15 is 0 Å². The number of likely N-dealkylation sites (tertiary alicyclic amines) is 1. The fraction of sp³-hybridized carbons (Fsp3) is 0.538. The summed E-state index contributed by atoms with van der Waals surface area (Å²) < 4.78 is 6.14. The molecule has 0 bridgehead atoms. The van der Waals surface area contributed by atoms with Crippen LogP contribution in [-0.2, 0) is 16.6 Å². The highest BCUT2D eigenvalue weighted by Crippen LogP contribution is 2.22. The van der Waals surface area contributed by atoms with Gasteiger partial charge < -0.3 is 14.2 Å². The molecular formula is C13H17N3O5. The van der Waals surface area contributed by atoms with Crippen molar-refractivity contribution < 1.29 is 19.2 Å². The Bertz CT molecular complexity index is 580. The van der Waals surface area contributed by atoms with Crippen LogP contribution in [0.2, 0.25) is 0 Å². The lowest BCUT2D eigenvalue weighted by molar-refractivity contribution is -0.384. The van der Waals surface area contributed by atoms with Gasteiger partial charge in [-0.1, -0.05) is 0 Å². The zero-order valence-corrected chi connectivity index (χ0v) is 11.9. The molecule has 2 heterocycles. The molecule has 0 aliphatic carbocycles. The number of carbonyl (C=O) groups excluding carboxylic acids is 2. The fourth-order valence-corrected chi connectivity index (χ4v) is 2.54. The molecule has 1 fully saturated rings. The molecule has 0 saturated carbocycles. The maximum absolute atomic E-state index is 12.4. The second kappa shape index (κ2) is 5.94. The van der Waals surface area contributed by atoms with Crippen LogP contribution in [0, 0.1) is 16.0 Å². The van der Waals surface area contributed by atoms with Gasteiger partial charge in [0.2, 0.25) is 0 Å². The van der Waals surface area contributed by atoms with Crippen LogP contribution < -0.4 is 0 Å². The van der Waals surface area contributed by atoms with Crippen molar-refractivity contribution in [2.45, 2.75) is 12.8 Å². The first-order valence-electron chi connectivity index (χ1n) is 6.62. The quantitative estimate of drug-likeness (QED) is 0.470. The summed E-state index contributed by atoms with van der Waals surface area (Å²) in [4.78, 5) is 35.8. The van der Waals surface area contributed by atoms with Gasteiger partial charge in [-0.05, 0) is 12.8 Å². The summed E-state index contributed by atoms with van der Waals surface area (Å²) in [6.45, 7) is 0.815. The molecule has 1 atom stereocenters. The van der Waals surface area contributed by atoms with Crippen LogP contribution in [0.15, 0.2) is 12.3 Å². The molecule has 0 aromatic carbocycles. The van der Waals surface area contributed by atoms with Crippen molar-refractivity contribution in [1.29, 1.82) is 0 Å². The van der Waals surface area contributed by atoms with Crippen molar-refractivity contribution >= 4 is 17.6 Å². The number of methoxy groups -OCH3 is 1. The third-order valence-electron chi connectivity index (χ3n) is 3.66. The van der Waals surface area contributed by atoms with Crippen molar-refractivity contribution in [2.75, 3.05) is 20.2 Å². The van der Waals surface area contributed by atoms with E-state index < -0.39 is 4.92 Å². The van der Waals surface area contributed by atoms with Gasteiger partial charge in [-0.25, -0.2) is 0 Å². The molecule has 1 aromatic heterocycles. The van der Waals surface area contributed by atoms with E-state index in [-0.39, 0.29) is 35.7 Å². The lowest BCUT2D eigenvalue weighted by atomic mass is 9.98. The van der Waals surface area contributed by atoms with Gasteiger partial charge >= 0.3 is 5.97 Å². The number of ether oxygens (including phenoxy) is 1. The Morgan fingerprint density at radius 2 is 2.19 bits per heavy atom. The molecule has 0 radical (unpaired) electrons. The van der Waals surface area contributed by atoms with Crippen LogP contribution in [-0.4, -0.2) is 46.5 Å². The molecule has 1 aliphatic rings. The minimum absolute atomic E-state index is 0.123. The standard InChI is InChI=1S/C13H17N3O5/c1-14-8-10(16(19)20)6-11(14)12(17)15-5-3-4-9(7-15)13(18)21-2/h6,8-9H,3-5,7H2,1-2H3. The summed E-state index contributed by atoms with van der Waals surface area (Å²) in [7, 11) is 2.91. The Hall–Kier alpha value is -2.38. The zero-order chi connectivity index (χ0) is 15.6. The van der Waals surface area contributed by atoms with E-state index in [1.165, 1.54) is 23.9 Å². The number of aryl methyl sites for hydroxylation is 1. The summed E-state index contributed by atoms with van der Waals surface area (Å²) in [5.74, 6) is -0.965. The van der Waals surface area contributed by atoms with Crippen molar-refractivity contribution in [3.63, 3.8) is 0 Å². The molecule has 114 valence electrons. The maximum atomic E-state index is 12.4. The monoisotopic (exact) mass is 295 g/mol. The van der Waals surface area contributed by atoms with Crippen LogP contribution in [0.4, 0.5) is 5.69 Å². The van der Waals surface area contributed by atoms with Crippen LogP contribution in [0.5, 0.6) is 0 Å². The zero-order valence-electron chi connectivity index (χ0n) is 11.9. The minimum Gasteiger partial charge on any atom is -0.469 e. The number of hydrogen-bond donors (Lipinski definition) is 0. The molecule has 1 aliphatic heterocycles. The number of amides is 1. The van der Waals surface area contributed by atoms with Gasteiger partial charge in [0.25, 0.3) is 11.6 Å². The number of esters is 1. The summed E-state index contributed by atoms with van der Waals surface area (Å²) in [5.41, 5.74) is 0.120. The van der Waals surface area contributed by atoms with Crippen molar-refractivity contribution in [3.8, 4) is 0 Å². The van der Waals surface area contributed by atoms with Gasteiger partial charge in [-0.2, -0.15) is 0 Å². The highest BCUT2D eigenvalue weighted by atomic mass is 16.6. The first-order valence-corrected chi connectivity index (χ1v) is 6.62. The fourth-order valence-electron chi connectivity index (χ4n) is 2.54. The Labute approximate surface area is 121 Å². The summed E-state index contributed by atoms with van der Waals surface area (Å²) >= 11 is 0. The van der Waals surface area contributed by atoms with Crippen LogP contribution in [0.3, 0.4) is 0 Å². The topological polar surface area (TPSA) is 94.7 Å². The number of nitro groups is 1. The first-order chi connectivity index (χ1) is 9.93. The lowest BCUT2D eigenvalue weighted by Crippen LogP contribution is -2.43. The van der Waals surface area contributed by atoms with Gasteiger partial charge in [0, 0.05) is 26.2 Å². The lowest BCUT2D eigenvalue weighted by Gasteiger charge is -2.31. The summed E-state index contributed by atoms with van der Waals surface area (Å²) in [6.07, 6.45) is 2.69. The molecule has 8 heteroatoms. The molecule has 0 N–H and O–H groups in total. The first kappa shape index (κ1) is 15.0. The van der Waals surface area contributed by atoms with E-state index in [0.717, 1.165) is 0 Å².